The van der Waals surface area contributed by atoms with E-state index < -0.39 is 9.96 Å². The smallest absolute Gasteiger partial charge is 0.340 e. The molecule has 0 atom stereocenters. The van der Waals surface area contributed by atoms with E-state index in [1.54, 1.807) is 19.1 Å². The van der Waals surface area contributed by atoms with E-state index in [1.165, 1.54) is 12.5 Å². The van der Waals surface area contributed by atoms with Gasteiger partial charge in [-0.25, -0.2) is 20.1 Å². The van der Waals surface area contributed by atoms with Gasteiger partial charge in [0.25, 0.3) is 0 Å². The summed E-state index contributed by atoms with van der Waals surface area (Å²) in [4.78, 5) is 25.1. The van der Waals surface area contributed by atoms with Gasteiger partial charge in [0.1, 0.15) is 6.20 Å². The van der Waals surface area contributed by atoms with Crippen molar-refractivity contribution in [2.75, 3.05) is 0 Å². The molecule has 9 nitrogen and oxygen atoms in total. The third kappa shape index (κ3) is 3.41. The molecule has 0 fully saturated rings. The van der Waals surface area contributed by atoms with E-state index >= 15 is 0 Å². The Morgan fingerprint density at radius 1 is 1.41 bits per heavy atom. The Morgan fingerprint density at radius 2 is 2.12 bits per heavy atom. The molecule has 0 saturated heterocycles. The third-order valence-corrected chi connectivity index (χ3v) is 1.78. The first-order chi connectivity index (χ1) is 8.02. The lowest BCUT2D eigenvalue weighted by Crippen LogP contribution is -2.07. The first-order valence-corrected chi connectivity index (χ1v) is 4.43. The molecule has 2 heterocycles. The maximum absolute atomic E-state index is 10.1. The second kappa shape index (κ2) is 5.39. The fourth-order valence-electron chi connectivity index (χ4n) is 0.989. The summed E-state index contributed by atoms with van der Waals surface area (Å²) in [6.45, 7) is 1.68. The molecule has 0 aliphatic carbocycles. The third-order valence-electron chi connectivity index (χ3n) is 1.78. The lowest BCUT2D eigenvalue weighted by atomic mass is 10.5. The number of hydrogen-bond donors (Lipinski definition) is 1. The summed E-state index contributed by atoms with van der Waals surface area (Å²) < 4.78 is 0.972. The van der Waals surface area contributed by atoms with Crippen LogP contribution in [0.3, 0.4) is 0 Å². The van der Waals surface area contributed by atoms with Crippen LogP contribution in [-0.2, 0) is 0 Å². The maximum Gasteiger partial charge on any atom is 0.340 e. The Labute approximate surface area is 95.0 Å². The molecule has 0 bridgehead atoms. The maximum atomic E-state index is 10.1. The highest BCUT2D eigenvalue weighted by Crippen LogP contribution is 1.99. The zero-order valence-electron chi connectivity index (χ0n) is 8.81. The molecule has 0 amide bonds. The van der Waals surface area contributed by atoms with Gasteiger partial charge in [-0.05, 0) is 24.0 Å². The second-order valence-corrected chi connectivity index (χ2v) is 2.93. The summed E-state index contributed by atoms with van der Waals surface area (Å²) in [5.41, 5.74) is 0.639. The number of aryl methyl sites for hydroxylation is 1. The van der Waals surface area contributed by atoms with Gasteiger partial charge in [-0.2, -0.15) is 0 Å². The number of H-pyrrole nitrogens is 1. The van der Waals surface area contributed by atoms with Crippen LogP contribution in [0, 0.1) is 27.2 Å². The second-order valence-electron chi connectivity index (χ2n) is 2.93. The molecule has 90 valence electrons. The molecule has 0 aliphatic rings. The van der Waals surface area contributed by atoms with Gasteiger partial charge in [0.2, 0.25) is 0 Å². The Balaban J connectivity index is 0.000000171. The topological polar surface area (TPSA) is 120 Å². The molecule has 0 aliphatic heterocycles. The summed E-state index contributed by atoms with van der Waals surface area (Å²) in [5.74, 6) is -0.0787. The zero-order valence-corrected chi connectivity index (χ0v) is 8.81. The van der Waals surface area contributed by atoms with Gasteiger partial charge in [0.05, 0.1) is 11.9 Å². The predicted molar refractivity (Wildman–Crippen MR) is 56.8 cm³/mol. The quantitative estimate of drug-likeness (QED) is 0.622. The van der Waals surface area contributed by atoms with E-state index in [2.05, 4.69) is 9.97 Å². The molecule has 2 aromatic rings. The van der Waals surface area contributed by atoms with Crippen molar-refractivity contribution in [1.82, 2.24) is 14.6 Å². The molecule has 17 heavy (non-hydrogen) atoms. The van der Waals surface area contributed by atoms with E-state index in [-0.39, 0.29) is 5.82 Å². The predicted octanol–water partition coefficient (Wildman–Crippen LogP) is 1.15. The van der Waals surface area contributed by atoms with Crippen LogP contribution in [0.15, 0.2) is 30.9 Å². The number of hydrogen-bond acceptors (Lipinski definition) is 5. The summed E-state index contributed by atoms with van der Waals surface area (Å²) in [6, 6.07) is 3.32. The van der Waals surface area contributed by atoms with Crippen LogP contribution in [-0.4, -0.2) is 24.6 Å². The normalized spacial score (nSPS) is 9.24. The van der Waals surface area contributed by atoms with Crippen LogP contribution in [0.5, 0.6) is 0 Å². The van der Waals surface area contributed by atoms with Crippen LogP contribution in [0.4, 0.5) is 5.82 Å². The van der Waals surface area contributed by atoms with Crippen molar-refractivity contribution in [2.24, 2.45) is 0 Å². The van der Waals surface area contributed by atoms with Crippen LogP contribution < -0.4 is 0 Å². The van der Waals surface area contributed by atoms with Crippen LogP contribution in [0.25, 0.3) is 0 Å². The van der Waals surface area contributed by atoms with Crippen LogP contribution in [0.1, 0.15) is 5.69 Å². The summed E-state index contributed by atoms with van der Waals surface area (Å²) in [5, 5.41) is 19.4. The molecule has 0 radical (unpaired) electrons. The van der Waals surface area contributed by atoms with Crippen LogP contribution >= 0.6 is 0 Å². The van der Waals surface area contributed by atoms with E-state index in [0.29, 0.717) is 5.69 Å². The van der Waals surface area contributed by atoms with Crippen molar-refractivity contribution in [1.29, 1.82) is 0 Å². The zero-order chi connectivity index (χ0) is 12.8. The van der Waals surface area contributed by atoms with Crippen molar-refractivity contribution in [3.8, 4) is 0 Å². The number of nitrogens with zero attached hydrogens (tertiary/aromatic N) is 4. The molecule has 9 heteroatoms. The largest absolute Gasteiger partial charge is 0.358 e. The minimum absolute atomic E-state index is 0.0787. The first kappa shape index (κ1) is 12.4. The standard InChI is InChI=1S/C5H6N2O2.C3H3N3O2/c1-5-3-2-4-6(5)7(8)9;7-6(8)3-1-4-2-5-3/h2-4H,1H3;1-2H,(H,4,5). The average Bonchev–Trinajstić information content (AvgIpc) is 2.87. The molecule has 2 aromatic heterocycles. The fourth-order valence-corrected chi connectivity index (χ4v) is 0.989. The Bertz CT molecular complexity index is 504. The number of imidazole rings is 1. The van der Waals surface area contributed by atoms with Crippen molar-refractivity contribution in [2.45, 2.75) is 6.92 Å². The average molecular weight is 239 g/mol. The Kier molecular flexibility index (Phi) is 3.92. The fraction of sp³-hybridized carbons (Fsp3) is 0.125. The number of aromatic nitrogens is 3. The van der Waals surface area contributed by atoms with Gasteiger partial charge in [-0.1, -0.05) is 4.68 Å². The molecule has 0 saturated carbocycles. The van der Waals surface area contributed by atoms with E-state index in [4.69, 9.17) is 0 Å². The number of nitrogens with one attached hydrogen (secondary N) is 1. The number of aromatic amines is 1. The van der Waals surface area contributed by atoms with Crippen molar-refractivity contribution >= 4 is 5.82 Å². The molecular formula is C8H9N5O4. The number of nitro groups is 2. The van der Waals surface area contributed by atoms with E-state index in [0.717, 1.165) is 10.9 Å². The lowest BCUT2D eigenvalue weighted by molar-refractivity contribution is -0.543. The van der Waals surface area contributed by atoms with Gasteiger partial charge >= 0.3 is 5.82 Å². The van der Waals surface area contributed by atoms with Crippen molar-refractivity contribution < 1.29 is 9.96 Å². The Morgan fingerprint density at radius 3 is 2.35 bits per heavy atom. The van der Waals surface area contributed by atoms with Gasteiger partial charge in [0, 0.05) is 0 Å². The summed E-state index contributed by atoms with van der Waals surface area (Å²) in [6.07, 6.45) is 3.83. The highest BCUT2D eigenvalue weighted by molar-refractivity contribution is 5.10. The molecule has 0 aromatic carbocycles. The minimum Gasteiger partial charge on any atom is -0.358 e. The Hall–Kier alpha value is -2.71. The van der Waals surface area contributed by atoms with Gasteiger partial charge in [0.15, 0.2) is 11.4 Å². The monoisotopic (exact) mass is 239 g/mol. The summed E-state index contributed by atoms with van der Waals surface area (Å²) in [7, 11) is 0. The molecule has 0 unspecified atom stereocenters. The SMILES string of the molecule is Cc1cccn1[N+](=O)[O-].O=[N+]([O-])c1cnc[nH]1. The molecular weight excluding hydrogens is 230 g/mol. The minimum atomic E-state index is -0.535. The van der Waals surface area contributed by atoms with Gasteiger partial charge in [-0.3, -0.25) is 0 Å². The summed E-state index contributed by atoms with van der Waals surface area (Å²) >= 11 is 0. The van der Waals surface area contributed by atoms with E-state index in [1.807, 2.05) is 0 Å². The van der Waals surface area contributed by atoms with Crippen molar-refractivity contribution in [3.05, 3.63) is 56.8 Å². The number of rotatable bonds is 2. The van der Waals surface area contributed by atoms with Crippen molar-refractivity contribution in [3.63, 3.8) is 0 Å². The molecule has 1 N–H and O–H groups in total. The highest BCUT2D eigenvalue weighted by Gasteiger charge is 2.01. The molecule has 0 spiro atoms. The first-order valence-electron chi connectivity index (χ1n) is 4.43. The van der Waals surface area contributed by atoms with E-state index in [9.17, 15) is 20.2 Å². The lowest BCUT2D eigenvalue weighted by Gasteiger charge is -1.89. The highest BCUT2D eigenvalue weighted by atomic mass is 16.7. The molecule has 2 rings (SSSR count). The van der Waals surface area contributed by atoms with Gasteiger partial charge in [-0.15, -0.1) is 0 Å². The van der Waals surface area contributed by atoms with Crippen LogP contribution in [0.2, 0.25) is 0 Å². The van der Waals surface area contributed by atoms with Gasteiger partial charge < -0.3 is 10.1 Å².